The average Bonchev–Trinajstić information content (AvgIpc) is 2.34. The van der Waals surface area contributed by atoms with Gasteiger partial charge in [-0.3, -0.25) is 0 Å². The monoisotopic (exact) mass is 243 g/mol. The van der Waals surface area contributed by atoms with Gasteiger partial charge in [-0.25, -0.2) is 4.79 Å². The zero-order chi connectivity index (χ0) is 13.1. The number of anilines is 1. The lowest BCUT2D eigenvalue weighted by Gasteiger charge is -2.07. The van der Waals surface area contributed by atoms with Gasteiger partial charge in [0.1, 0.15) is 5.75 Å². The molecule has 2 aromatic carbocycles. The standard InChI is InChI=1S/C14H13NO3/c15-12-6-5-9(8-13(12)16)7-10-3-1-2-4-11(10)14(17)18/h1-6,8,16H,7,15H2,(H,17,18). The van der Waals surface area contributed by atoms with Gasteiger partial charge in [-0.2, -0.15) is 0 Å². The predicted molar refractivity (Wildman–Crippen MR) is 68.7 cm³/mol. The third kappa shape index (κ3) is 2.43. The van der Waals surface area contributed by atoms with Crippen LogP contribution in [0, 0.1) is 0 Å². The zero-order valence-corrected chi connectivity index (χ0v) is 9.63. The molecule has 4 N–H and O–H groups in total. The van der Waals surface area contributed by atoms with Crippen LogP contribution in [0.3, 0.4) is 0 Å². The Morgan fingerprint density at radius 2 is 1.89 bits per heavy atom. The SMILES string of the molecule is Nc1ccc(Cc2ccccc2C(=O)O)cc1O. The third-order valence-electron chi connectivity index (χ3n) is 2.74. The second kappa shape index (κ2) is 4.79. The molecule has 0 spiro atoms. The van der Waals surface area contributed by atoms with Crippen LogP contribution in [0.4, 0.5) is 5.69 Å². The fraction of sp³-hybridized carbons (Fsp3) is 0.0714. The van der Waals surface area contributed by atoms with Crippen molar-refractivity contribution in [2.75, 3.05) is 5.73 Å². The maximum absolute atomic E-state index is 11.1. The van der Waals surface area contributed by atoms with Crippen LogP contribution in [-0.2, 0) is 6.42 Å². The van der Waals surface area contributed by atoms with E-state index in [1.807, 2.05) is 0 Å². The van der Waals surface area contributed by atoms with Gasteiger partial charge in [-0.1, -0.05) is 24.3 Å². The minimum atomic E-state index is -0.953. The summed E-state index contributed by atoms with van der Waals surface area (Å²) in [5.41, 5.74) is 7.62. The number of carboxylic acid groups (broad SMARTS) is 1. The first kappa shape index (κ1) is 12.0. The molecule has 0 saturated carbocycles. The summed E-state index contributed by atoms with van der Waals surface area (Å²) in [6.45, 7) is 0. The summed E-state index contributed by atoms with van der Waals surface area (Å²) < 4.78 is 0. The number of carbonyl (C=O) groups is 1. The summed E-state index contributed by atoms with van der Waals surface area (Å²) in [5, 5.41) is 18.6. The second-order valence-electron chi connectivity index (χ2n) is 4.03. The highest BCUT2D eigenvalue weighted by atomic mass is 16.4. The highest BCUT2D eigenvalue weighted by Gasteiger charge is 2.09. The summed E-state index contributed by atoms with van der Waals surface area (Å²) in [4.78, 5) is 11.1. The zero-order valence-electron chi connectivity index (χ0n) is 9.63. The molecular formula is C14H13NO3. The number of nitrogen functional groups attached to an aromatic ring is 1. The minimum Gasteiger partial charge on any atom is -0.506 e. The van der Waals surface area contributed by atoms with Crippen LogP contribution in [0.25, 0.3) is 0 Å². The number of aromatic carboxylic acids is 1. The van der Waals surface area contributed by atoms with Gasteiger partial charge in [0.25, 0.3) is 0 Å². The topological polar surface area (TPSA) is 83.6 Å². The Morgan fingerprint density at radius 3 is 2.56 bits per heavy atom. The maximum Gasteiger partial charge on any atom is 0.335 e. The van der Waals surface area contributed by atoms with Crippen LogP contribution < -0.4 is 5.73 Å². The number of carboxylic acids is 1. The quantitative estimate of drug-likeness (QED) is 0.570. The van der Waals surface area contributed by atoms with E-state index in [1.54, 1.807) is 42.5 Å². The Labute approximate surface area is 104 Å². The van der Waals surface area contributed by atoms with E-state index >= 15 is 0 Å². The first-order valence-electron chi connectivity index (χ1n) is 5.46. The normalized spacial score (nSPS) is 10.2. The van der Waals surface area contributed by atoms with Gasteiger partial charge in [0.2, 0.25) is 0 Å². The van der Waals surface area contributed by atoms with E-state index in [4.69, 9.17) is 10.8 Å². The van der Waals surface area contributed by atoms with E-state index in [1.165, 1.54) is 0 Å². The van der Waals surface area contributed by atoms with Crippen LogP contribution >= 0.6 is 0 Å². The molecule has 0 aromatic heterocycles. The predicted octanol–water partition coefficient (Wildman–Crippen LogP) is 2.26. The number of benzene rings is 2. The van der Waals surface area contributed by atoms with E-state index in [2.05, 4.69) is 0 Å². The summed E-state index contributed by atoms with van der Waals surface area (Å²) >= 11 is 0. The van der Waals surface area contributed by atoms with Gasteiger partial charge in [0.15, 0.2) is 0 Å². The summed E-state index contributed by atoms with van der Waals surface area (Å²) in [5.74, 6) is -0.939. The molecule has 4 nitrogen and oxygen atoms in total. The van der Waals surface area contributed by atoms with Gasteiger partial charge in [-0.15, -0.1) is 0 Å². The van der Waals surface area contributed by atoms with E-state index in [9.17, 15) is 9.90 Å². The molecule has 4 heteroatoms. The Hall–Kier alpha value is -2.49. The lowest BCUT2D eigenvalue weighted by Crippen LogP contribution is -2.02. The average molecular weight is 243 g/mol. The fourth-order valence-corrected chi connectivity index (χ4v) is 1.80. The molecule has 0 amide bonds. The van der Waals surface area contributed by atoms with Gasteiger partial charge < -0.3 is 15.9 Å². The number of nitrogens with two attached hydrogens (primary N) is 1. The van der Waals surface area contributed by atoms with Crippen LogP contribution in [-0.4, -0.2) is 16.2 Å². The lowest BCUT2D eigenvalue weighted by molar-refractivity contribution is 0.0696. The van der Waals surface area contributed by atoms with E-state index in [-0.39, 0.29) is 11.3 Å². The number of aromatic hydroxyl groups is 1. The van der Waals surface area contributed by atoms with Crippen LogP contribution in [0.1, 0.15) is 21.5 Å². The Bertz CT molecular complexity index is 593. The Morgan fingerprint density at radius 1 is 1.17 bits per heavy atom. The van der Waals surface area contributed by atoms with Crippen LogP contribution in [0.5, 0.6) is 5.75 Å². The molecule has 18 heavy (non-hydrogen) atoms. The lowest BCUT2D eigenvalue weighted by atomic mass is 9.99. The fourth-order valence-electron chi connectivity index (χ4n) is 1.80. The molecule has 92 valence electrons. The highest BCUT2D eigenvalue weighted by molar-refractivity contribution is 5.89. The first-order valence-corrected chi connectivity index (χ1v) is 5.46. The molecule has 2 aromatic rings. The summed E-state index contributed by atoms with van der Waals surface area (Å²) in [6, 6.07) is 11.7. The molecule has 0 saturated heterocycles. The molecular weight excluding hydrogens is 230 g/mol. The Kier molecular flexibility index (Phi) is 3.19. The van der Waals surface area contributed by atoms with Gasteiger partial charge in [0, 0.05) is 0 Å². The minimum absolute atomic E-state index is 0.0142. The summed E-state index contributed by atoms with van der Waals surface area (Å²) in [7, 11) is 0. The molecule has 0 fully saturated rings. The number of hydrogen-bond acceptors (Lipinski definition) is 3. The second-order valence-corrected chi connectivity index (χ2v) is 4.03. The van der Waals surface area contributed by atoms with Crippen molar-refractivity contribution in [3.05, 3.63) is 59.2 Å². The van der Waals surface area contributed by atoms with E-state index in [0.29, 0.717) is 17.7 Å². The van der Waals surface area contributed by atoms with Crippen molar-refractivity contribution in [2.24, 2.45) is 0 Å². The van der Waals surface area contributed by atoms with Crippen molar-refractivity contribution in [3.63, 3.8) is 0 Å². The Balaban J connectivity index is 2.34. The number of phenols is 1. The van der Waals surface area contributed by atoms with Crippen LogP contribution in [0.2, 0.25) is 0 Å². The van der Waals surface area contributed by atoms with Gasteiger partial charge >= 0.3 is 5.97 Å². The number of rotatable bonds is 3. The van der Waals surface area contributed by atoms with Gasteiger partial charge in [0.05, 0.1) is 11.3 Å². The smallest absolute Gasteiger partial charge is 0.335 e. The maximum atomic E-state index is 11.1. The van der Waals surface area contributed by atoms with Crippen molar-refractivity contribution in [1.29, 1.82) is 0 Å². The molecule has 0 radical (unpaired) electrons. The summed E-state index contributed by atoms with van der Waals surface area (Å²) in [6.07, 6.45) is 0.441. The third-order valence-corrected chi connectivity index (χ3v) is 2.74. The van der Waals surface area contributed by atoms with E-state index < -0.39 is 5.97 Å². The molecule has 0 heterocycles. The number of phenolic OH excluding ortho intramolecular Hbond substituents is 1. The van der Waals surface area contributed by atoms with Crippen LogP contribution in [0.15, 0.2) is 42.5 Å². The van der Waals surface area contributed by atoms with Crippen molar-refractivity contribution < 1.29 is 15.0 Å². The largest absolute Gasteiger partial charge is 0.506 e. The molecule has 0 aliphatic heterocycles. The molecule has 0 aliphatic carbocycles. The van der Waals surface area contributed by atoms with Crippen molar-refractivity contribution in [3.8, 4) is 5.75 Å². The van der Waals surface area contributed by atoms with Gasteiger partial charge in [-0.05, 0) is 35.7 Å². The number of hydrogen-bond donors (Lipinski definition) is 3. The van der Waals surface area contributed by atoms with Crippen molar-refractivity contribution in [2.45, 2.75) is 6.42 Å². The van der Waals surface area contributed by atoms with Crippen molar-refractivity contribution in [1.82, 2.24) is 0 Å². The highest BCUT2D eigenvalue weighted by Crippen LogP contribution is 2.23. The molecule has 0 atom stereocenters. The van der Waals surface area contributed by atoms with E-state index in [0.717, 1.165) is 5.56 Å². The molecule has 0 bridgehead atoms. The molecule has 2 rings (SSSR count). The van der Waals surface area contributed by atoms with Crippen molar-refractivity contribution >= 4 is 11.7 Å². The molecule has 0 unspecified atom stereocenters. The first-order chi connectivity index (χ1) is 8.58. The molecule has 0 aliphatic rings.